The van der Waals surface area contributed by atoms with Crippen molar-refractivity contribution in [3.63, 3.8) is 0 Å². The van der Waals surface area contributed by atoms with E-state index in [1.807, 2.05) is 0 Å². The van der Waals surface area contributed by atoms with Crippen LogP contribution in [0.3, 0.4) is 0 Å². The van der Waals surface area contributed by atoms with Crippen LogP contribution in [0.4, 0.5) is 11.4 Å². The van der Waals surface area contributed by atoms with Crippen LogP contribution < -0.4 is 20.1 Å². The molecule has 148 valence electrons. The molecule has 8 nitrogen and oxygen atoms in total. The van der Waals surface area contributed by atoms with E-state index in [0.29, 0.717) is 22.9 Å². The molecule has 2 amide bonds. The van der Waals surface area contributed by atoms with E-state index < -0.39 is 21.0 Å². The van der Waals surface area contributed by atoms with Gasteiger partial charge in [0.05, 0.1) is 28.6 Å². The molecule has 3 rings (SSSR count). The molecule has 2 aromatic rings. The van der Waals surface area contributed by atoms with Gasteiger partial charge in [-0.3, -0.25) is 9.59 Å². The highest BCUT2D eigenvalue weighted by molar-refractivity contribution is 7.92. The van der Waals surface area contributed by atoms with Crippen molar-refractivity contribution < 1.29 is 27.5 Å². The minimum atomic E-state index is -3.79. The molecule has 0 bridgehead atoms. The molecule has 2 aromatic carbocycles. The maximum Gasteiger partial charge on any atom is 0.262 e. The van der Waals surface area contributed by atoms with Crippen LogP contribution >= 0.6 is 0 Å². The van der Waals surface area contributed by atoms with Crippen molar-refractivity contribution in [3.05, 3.63) is 42.5 Å². The minimum absolute atomic E-state index is 0.00893. The maximum absolute atomic E-state index is 12.9. The van der Waals surface area contributed by atoms with Crippen molar-refractivity contribution in [2.24, 2.45) is 0 Å². The van der Waals surface area contributed by atoms with Crippen molar-refractivity contribution in [1.82, 2.24) is 0 Å². The Morgan fingerprint density at radius 1 is 1.29 bits per heavy atom. The largest absolute Gasteiger partial charge is 0.495 e. The van der Waals surface area contributed by atoms with Crippen molar-refractivity contribution in [2.75, 3.05) is 24.4 Å². The number of sulfone groups is 1. The van der Waals surface area contributed by atoms with Crippen LogP contribution in [0.15, 0.2) is 47.4 Å². The van der Waals surface area contributed by atoms with Gasteiger partial charge in [0.2, 0.25) is 5.91 Å². The number of nitrogens with one attached hydrogen (secondary N) is 2. The number of rotatable bonds is 6. The maximum atomic E-state index is 12.9. The molecule has 9 heteroatoms. The van der Waals surface area contributed by atoms with Gasteiger partial charge in [-0.05, 0) is 37.3 Å². The summed E-state index contributed by atoms with van der Waals surface area (Å²) in [4.78, 5) is 23.8. The van der Waals surface area contributed by atoms with Crippen LogP contribution in [0.5, 0.6) is 11.5 Å². The van der Waals surface area contributed by atoms with Gasteiger partial charge < -0.3 is 20.1 Å². The first-order chi connectivity index (χ1) is 13.3. The summed E-state index contributed by atoms with van der Waals surface area (Å²) in [5.74, 6) is 0.0818. The highest BCUT2D eigenvalue weighted by atomic mass is 32.2. The molecule has 0 fully saturated rings. The fourth-order valence-electron chi connectivity index (χ4n) is 2.79. The zero-order chi connectivity index (χ0) is 20.3. The van der Waals surface area contributed by atoms with Gasteiger partial charge in [-0.25, -0.2) is 8.42 Å². The molecule has 0 radical (unpaired) electrons. The molecule has 1 heterocycles. The molecule has 0 saturated heterocycles. The van der Waals surface area contributed by atoms with Crippen LogP contribution in [0, 0.1) is 0 Å². The van der Waals surface area contributed by atoms with Crippen molar-refractivity contribution in [3.8, 4) is 11.5 Å². The first kappa shape index (κ1) is 19.7. The summed E-state index contributed by atoms with van der Waals surface area (Å²) in [6.07, 6.45) is -0.236. The van der Waals surface area contributed by atoms with E-state index in [4.69, 9.17) is 9.47 Å². The fraction of sp³-hybridized carbons (Fsp3) is 0.263. The molecule has 0 aliphatic carbocycles. The fourth-order valence-corrected chi connectivity index (χ4v) is 4.17. The van der Waals surface area contributed by atoms with Crippen LogP contribution in [0.2, 0.25) is 0 Å². The second-order valence-electron chi connectivity index (χ2n) is 6.30. The molecular formula is C19H20N2O6S. The number of hydrogen-bond donors (Lipinski definition) is 2. The lowest BCUT2D eigenvalue weighted by molar-refractivity contribution is -0.118. The number of carbonyl (C=O) groups excluding carboxylic acids is 2. The van der Waals surface area contributed by atoms with Gasteiger partial charge in [-0.15, -0.1) is 0 Å². The quantitative estimate of drug-likeness (QED) is 0.764. The highest BCUT2D eigenvalue weighted by Gasteiger charge is 2.28. The Balaban J connectivity index is 1.74. The Bertz CT molecular complexity index is 1020. The van der Waals surface area contributed by atoms with Crippen LogP contribution in [0.25, 0.3) is 0 Å². The number of benzene rings is 2. The molecule has 28 heavy (non-hydrogen) atoms. The van der Waals surface area contributed by atoms with Crippen LogP contribution in [-0.4, -0.2) is 39.2 Å². The smallest absolute Gasteiger partial charge is 0.262 e. The molecular weight excluding hydrogens is 384 g/mol. The summed E-state index contributed by atoms with van der Waals surface area (Å²) < 4.78 is 36.1. The van der Waals surface area contributed by atoms with E-state index in [2.05, 4.69) is 10.6 Å². The third kappa shape index (κ3) is 4.09. The van der Waals surface area contributed by atoms with E-state index in [0.717, 1.165) is 0 Å². The van der Waals surface area contributed by atoms with Crippen LogP contribution in [0.1, 0.15) is 13.3 Å². The summed E-state index contributed by atoms with van der Waals surface area (Å²) in [5.41, 5.74) is 0.760. The average molecular weight is 404 g/mol. The number of ether oxygens (including phenoxy) is 2. The van der Waals surface area contributed by atoms with Gasteiger partial charge in [0.15, 0.2) is 16.4 Å². The predicted molar refractivity (Wildman–Crippen MR) is 103 cm³/mol. The standard InChI is InChI=1S/C19H20N2O6S/c1-12(9-18(22)20-14-5-3-4-6-16(14)26-2)28(24,25)13-7-8-17-15(10-13)21-19(23)11-27-17/h3-8,10,12H,9,11H2,1-2H3,(H,20,22)(H,21,23)/t12-/m1/s1. The van der Waals surface area contributed by atoms with Gasteiger partial charge in [-0.2, -0.15) is 0 Å². The number of hydrogen-bond acceptors (Lipinski definition) is 6. The lowest BCUT2D eigenvalue weighted by atomic mass is 10.2. The summed E-state index contributed by atoms with van der Waals surface area (Å²) in [6.45, 7) is 1.35. The molecule has 1 aliphatic heterocycles. The average Bonchev–Trinajstić information content (AvgIpc) is 2.67. The summed E-state index contributed by atoms with van der Waals surface area (Å²) in [7, 11) is -2.31. The number of methoxy groups -OCH3 is 1. The van der Waals surface area contributed by atoms with Gasteiger partial charge in [0.25, 0.3) is 5.91 Å². The lowest BCUT2D eigenvalue weighted by Crippen LogP contribution is -2.27. The van der Waals surface area contributed by atoms with E-state index in [1.54, 1.807) is 24.3 Å². The summed E-state index contributed by atoms with van der Waals surface area (Å²) in [5, 5.41) is 4.27. The molecule has 1 atom stereocenters. The Morgan fingerprint density at radius 3 is 2.79 bits per heavy atom. The van der Waals surface area contributed by atoms with Crippen LogP contribution in [-0.2, 0) is 19.4 Å². The van der Waals surface area contributed by atoms with Gasteiger partial charge in [0.1, 0.15) is 11.5 Å². The Morgan fingerprint density at radius 2 is 2.04 bits per heavy atom. The second kappa shape index (κ2) is 7.89. The highest BCUT2D eigenvalue weighted by Crippen LogP contribution is 2.32. The molecule has 2 N–H and O–H groups in total. The van der Waals surface area contributed by atoms with E-state index in [9.17, 15) is 18.0 Å². The monoisotopic (exact) mass is 404 g/mol. The van der Waals surface area contributed by atoms with Crippen molar-refractivity contribution >= 4 is 33.0 Å². The van der Waals surface area contributed by atoms with E-state index in [-0.39, 0.29) is 23.8 Å². The Kier molecular flexibility index (Phi) is 5.55. The first-order valence-corrected chi connectivity index (χ1v) is 10.1. The molecule has 0 saturated carbocycles. The number of fused-ring (bicyclic) bond motifs is 1. The summed E-state index contributed by atoms with van der Waals surface area (Å²) in [6, 6.07) is 11.1. The number of anilines is 2. The number of carbonyl (C=O) groups is 2. The number of amides is 2. The van der Waals surface area contributed by atoms with E-state index >= 15 is 0 Å². The second-order valence-corrected chi connectivity index (χ2v) is 8.67. The lowest BCUT2D eigenvalue weighted by Gasteiger charge is -2.19. The van der Waals surface area contributed by atoms with Crippen molar-refractivity contribution in [2.45, 2.75) is 23.5 Å². The van der Waals surface area contributed by atoms with Gasteiger partial charge >= 0.3 is 0 Å². The molecule has 1 aliphatic rings. The topological polar surface area (TPSA) is 111 Å². The normalized spacial score (nSPS) is 14.3. The first-order valence-electron chi connectivity index (χ1n) is 8.54. The van der Waals surface area contributed by atoms with Gasteiger partial charge in [0, 0.05) is 6.42 Å². The Hall–Kier alpha value is -3.07. The predicted octanol–water partition coefficient (Wildman–Crippen LogP) is 2.22. The molecule has 0 aromatic heterocycles. The van der Waals surface area contributed by atoms with Crippen molar-refractivity contribution in [1.29, 1.82) is 0 Å². The minimum Gasteiger partial charge on any atom is -0.495 e. The van der Waals surface area contributed by atoms with Gasteiger partial charge in [-0.1, -0.05) is 12.1 Å². The SMILES string of the molecule is COc1ccccc1NC(=O)C[C@@H](C)S(=O)(=O)c1ccc2c(c1)NC(=O)CO2. The summed E-state index contributed by atoms with van der Waals surface area (Å²) >= 11 is 0. The molecule has 0 spiro atoms. The Labute approximate surface area is 162 Å². The zero-order valence-electron chi connectivity index (χ0n) is 15.4. The van der Waals surface area contributed by atoms with E-state index in [1.165, 1.54) is 32.2 Å². The zero-order valence-corrected chi connectivity index (χ0v) is 16.2. The molecule has 0 unspecified atom stereocenters. The number of para-hydroxylation sites is 2. The third-order valence-electron chi connectivity index (χ3n) is 4.30. The third-order valence-corrected chi connectivity index (χ3v) is 6.43.